The summed E-state index contributed by atoms with van der Waals surface area (Å²) in [6, 6.07) is 13.3. The van der Waals surface area contributed by atoms with Crippen LogP contribution >= 0.6 is 11.6 Å². The maximum Gasteiger partial charge on any atom is 0.270 e. The van der Waals surface area contributed by atoms with Gasteiger partial charge in [-0.2, -0.15) is 5.10 Å². The first kappa shape index (κ1) is 13.0. The molecule has 0 fully saturated rings. The summed E-state index contributed by atoms with van der Waals surface area (Å²) >= 11 is 5.83. The van der Waals surface area contributed by atoms with E-state index in [4.69, 9.17) is 11.6 Å². The summed E-state index contributed by atoms with van der Waals surface area (Å²) in [6.45, 7) is 0. The van der Waals surface area contributed by atoms with Gasteiger partial charge in [-0.1, -0.05) is 29.8 Å². The van der Waals surface area contributed by atoms with Gasteiger partial charge in [-0.25, -0.2) is 0 Å². The van der Waals surface area contributed by atoms with Gasteiger partial charge in [0, 0.05) is 22.7 Å². The Bertz CT molecular complexity index is 629. The van der Waals surface area contributed by atoms with Crippen LogP contribution in [0, 0.1) is 10.1 Å². The highest BCUT2D eigenvalue weighted by atomic mass is 35.5. The Hall–Kier alpha value is -2.40. The maximum atomic E-state index is 10.6. The number of hydrogen-bond acceptors (Lipinski definition) is 4. The van der Waals surface area contributed by atoms with Crippen LogP contribution in [0.5, 0.6) is 0 Å². The predicted octanol–water partition coefficient (Wildman–Crippen LogP) is 3.69. The van der Waals surface area contributed by atoms with Gasteiger partial charge in [0.05, 0.1) is 16.8 Å². The lowest BCUT2D eigenvalue weighted by Crippen LogP contribution is -1.92. The third-order valence-corrected chi connectivity index (χ3v) is 2.55. The normalized spacial score (nSPS) is 10.6. The zero-order valence-corrected chi connectivity index (χ0v) is 10.5. The number of hydrazone groups is 1. The second-order valence-corrected chi connectivity index (χ2v) is 4.17. The van der Waals surface area contributed by atoms with Crippen LogP contribution in [0.3, 0.4) is 0 Å². The van der Waals surface area contributed by atoms with E-state index in [0.29, 0.717) is 10.6 Å². The topological polar surface area (TPSA) is 67.5 Å². The van der Waals surface area contributed by atoms with E-state index in [2.05, 4.69) is 10.5 Å². The number of anilines is 1. The van der Waals surface area contributed by atoms with Crippen molar-refractivity contribution in [1.29, 1.82) is 0 Å². The molecule has 6 heteroatoms. The number of nitrogens with zero attached hydrogens (tertiary/aromatic N) is 2. The van der Waals surface area contributed by atoms with Gasteiger partial charge in [-0.05, 0) is 18.2 Å². The van der Waals surface area contributed by atoms with E-state index in [-0.39, 0.29) is 5.69 Å². The lowest BCUT2D eigenvalue weighted by atomic mass is 10.2. The van der Waals surface area contributed by atoms with Gasteiger partial charge in [0.2, 0.25) is 0 Å². The molecule has 19 heavy (non-hydrogen) atoms. The van der Waals surface area contributed by atoms with E-state index in [1.54, 1.807) is 30.3 Å². The van der Waals surface area contributed by atoms with E-state index >= 15 is 0 Å². The summed E-state index contributed by atoms with van der Waals surface area (Å²) in [5.74, 6) is 0. The van der Waals surface area contributed by atoms with Crippen LogP contribution in [0.4, 0.5) is 11.4 Å². The van der Waals surface area contributed by atoms with E-state index in [0.717, 1.165) is 5.69 Å². The minimum absolute atomic E-state index is 0.0340. The number of non-ortho nitro benzene ring substituents is 1. The fraction of sp³-hybridized carbons (Fsp3) is 0. The van der Waals surface area contributed by atoms with Gasteiger partial charge < -0.3 is 0 Å². The largest absolute Gasteiger partial charge is 0.278 e. The third-order valence-electron chi connectivity index (χ3n) is 2.31. The molecule has 0 atom stereocenters. The van der Waals surface area contributed by atoms with Gasteiger partial charge in [-0.15, -0.1) is 0 Å². The molecule has 0 aliphatic carbocycles. The molecule has 0 saturated heterocycles. The van der Waals surface area contributed by atoms with Gasteiger partial charge in [0.1, 0.15) is 0 Å². The maximum absolute atomic E-state index is 10.6. The molecular formula is C13H10ClN3O2. The van der Waals surface area contributed by atoms with Crippen LogP contribution in [0.2, 0.25) is 5.02 Å². The average Bonchev–Trinajstić information content (AvgIpc) is 2.39. The highest BCUT2D eigenvalue weighted by Gasteiger charge is 2.03. The molecule has 0 aliphatic rings. The van der Waals surface area contributed by atoms with Crippen molar-refractivity contribution in [2.45, 2.75) is 0 Å². The molecule has 2 aromatic carbocycles. The Balaban J connectivity index is 2.07. The molecule has 1 N–H and O–H groups in total. The molecule has 2 rings (SSSR count). The second kappa shape index (κ2) is 5.97. The Labute approximate surface area is 114 Å². The molecule has 96 valence electrons. The minimum atomic E-state index is -0.443. The molecule has 0 saturated carbocycles. The van der Waals surface area contributed by atoms with Crippen molar-refractivity contribution in [3.63, 3.8) is 0 Å². The number of hydrogen-bond donors (Lipinski definition) is 1. The summed E-state index contributed by atoms with van der Waals surface area (Å²) in [4.78, 5) is 10.2. The second-order valence-electron chi connectivity index (χ2n) is 3.73. The Kier molecular flexibility index (Phi) is 4.10. The number of halogens is 1. The smallest absolute Gasteiger partial charge is 0.270 e. The van der Waals surface area contributed by atoms with Crippen molar-refractivity contribution in [2.24, 2.45) is 5.10 Å². The zero-order valence-electron chi connectivity index (χ0n) is 9.79. The number of nitrogens with one attached hydrogen (secondary N) is 1. The Morgan fingerprint density at radius 2 is 2.00 bits per heavy atom. The van der Waals surface area contributed by atoms with Crippen LogP contribution < -0.4 is 5.43 Å². The van der Waals surface area contributed by atoms with Crippen LogP contribution in [-0.4, -0.2) is 11.1 Å². The van der Waals surface area contributed by atoms with Crippen LogP contribution in [0.1, 0.15) is 5.56 Å². The van der Waals surface area contributed by atoms with Gasteiger partial charge >= 0.3 is 0 Å². The number of nitro benzene ring substituents is 1. The van der Waals surface area contributed by atoms with Gasteiger partial charge in [-0.3, -0.25) is 15.5 Å². The molecule has 0 amide bonds. The first-order valence-electron chi connectivity index (χ1n) is 5.44. The van der Waals surface area contributed by atoms with Crippen molar-refractivity contribution < 1.29 is 4.92 Å². The fourth-order valence-corrected chi connectivity index (χ4v) is 1.65. The quantitative estimate of drug-likeness (QED) is 0.525. The summed E-state index contributed by atoms with van der Waals surface area (Å²) < 4.78 is 0. The van der Waals surface area contributed by atoms with Crippen molar-refractivity contribution in [1.82, 2.24) is 0 Å². The van der Waals surface area contributed by atoms with Crippen LogP contribution in [0.25, 0.3) is 0 Å². The molecule has 0 heterocycles. The third kappa shape index (κ3) is 3.79. The monoisotopic (exact) mass is 275 g/mol. The number of benzene rings is 2. The molecule has 0 spiro atoms. The van der Waals surface area contributed by atoms with E-state index in [1.807, 2.05) is 6.07 Å². The average molecular weight is 276 g/mol. The lowest BCUT2D eigenvalue weighted by molar-refractivity contribution is -0.384. The molecule has 0 bridgehead atoms. The predicted molar refractivity (Wildman–Crippen MR) is 75.8 cm³/mol. The minimum Gasteiger partial charge on any atom is -0.278 e. The first-order chi connectivity index (χ1) is 9.15. The first-order valence-corrected chi connectivity index (χ1v) is 5.82. The van der Waals surface area contributed by atoms with Crippen LogP contribution in [0.15, 0.2) is 53.6 Å². The molecule has 0 aromatic heterocycles. The highest BCUT2D eigenvalue weighted by molar-refractivity contribution is 6.30. The standard InChI is InChI=1S/C13H10ClN3O2/c14-11-4-2-5-12(8-11)16-15-9-10-3-1-6-13(7-10)17(18)19/h1-9,16H/b15-9-. The van der Waals surface area contributed by atoms with Gasteiger partial charge in [0.25, 0.3) is 5.69 Å². The van der Waals surface area contributed by atoms with Gasteiger partial charge in [0.15, 0.2) is 0 Å². The fourth-order valence-electron chi connectivity index (χ4n) is 1.46. The summed E-state index contributed by atoms with van der Waals surface area (Å²) in [5, 5.41) is 15.2. The Morgan fingerprint density at radius 3 is 2.74 bits per heavy atom. The molecular weight excluding hydrogens is 266 g/mol. The van der Waals surface area contributed by atoms with E-state index in [1.165, 1.54) is 18.3 Å². The Morgan fingerprint density at radius 1 is 1.21 bits per heavy atom. The number of nitro groups is 1. The van der Waals surface area contributed by atoms with E-state index < -0.39 is 4.92 Å². The molecule has 0 unspecified atom stereocenters. The molecule has 0 aliphatic heterocycles. The SMILES string of the molecule is O=[N+]([O-])c1cccc(/C=N\Nc2cccc(Cl)c2)c1. The summed E-state index contributed by atoms with van der Waals surface area (Å²) in [5.41, 5.74) is 4.22. The zero-order chi connectivity index (χ0) is 13.7. The lowest BCUT2D eigenvalue weighted by Gasteiger charge is -2.00. The highest BCUT2D eigenvalue weighted by Crippen LogP contribution is 2.15. The summed E-state index contributed by atoms with van der Waals surface area (Å²) in [6.07, 6.45) is 1.51. The van der Waals surface area contributed by atoms with Crippen molar-refractivity contribution >= 4 is 29.2 Å². The number of rotatable bonds is 4. The van der Waals surface area contributed by atoms with Crippen LogP contribution in [-0.2, 0) is 0 Å². The van der Waals surface area contributed by atoms with Crippen molar-refractivity contribution in [3.05, 3.63) is 69.2 Å². The molecule has 5 nitrogen and oxygen atoms in total. The molecule has 0 radical (unpaired) electrons. The van der Waals surface area contributed by atoms with Crippen molar-refractivity contribution in [2.75, 3.05) is 5.43 Å². The van der Waals surface area contributed by atoms with Crippen molar-refractivity contribution in [3.8, 4) is 0 Å². The summed E-state index contributed by atoms with van der Waals surface area (Å²) in [7, 11) is 0. The molecule has 2 aromatic rings. The van der Waals surface area contributed by atoms with E-state index in [9.17, 15) is 10.1 Å².